The molecule has 35 heavy (non-hydrogen) atoms. The van der Waals surface area contributed by atoms with Crippen molar-refractivity contribution in [3.05, 3.63) is 59.9 Å². The number of pyridine rings is 1. The summed E-state index contributed by atoms with van der Waals surface area (Å²) in [5.74, 6) is -0.514. The van der Waals surface area contributed by atoms with Crippen LogP contribution < -0.4 is 10.4 Å². The van der Waals surface area contributed by atoms with Gasteiger partial charge in [-0.15, -0.1) is 0 Å². The lowest BCUT2D eigenvalue weighted by Crippen LogP contribution is -2.43. The fraction of sp³-hybridized carbons (Fsp3) is 0.481. The molecule has 0 bridgehead atoms. The Morgan fingerprint density at radius 3 is 2.49 bits per heavy atom. The Balaban J connectivity index is 1.27. The van der Waals surface area contributed by atoms with Crippen LogP contribution in [0, 0.1) is 5.41 Å². The maximum atomic E-state index is 11.6. The van der Waals surface area contributed by atoms with Crippen LogP contribution in [0.5, 0.6) is 0 Å². The standard InChI is InChI=1S/C27H35N5O3/c1-26(2,34)18-30-14-9-27(19-30)10-15-31(16-11-27)23-7-12-28-24-22(23)8-13-32(24)17-20-3-5-21(6-4-20)25(33)29-35/h3-8,12-13,34-35H,9-11,14-19H2,1-2H3,(H,29,33). The van der Waals surface area contributed by atoms with Crippen molar-refractivity contribution in [1.29, 1.82) is 0 Å². The van der Waals surface area contributed by atoms with Gasteiger partial charge >= 0.3 is 0 Å². The van der Waals surface area contributed by atoms with Crippen LogP contribution in [0.1, 0.15) is 49.0 Å². The zero-order valence-corrected chi connectivity index (χ0v) is 20.6. The van der Waals surface area contributed by atoms with Gasteiger partial charge in [-0.05, 0) is 74.9 Å². The van der Waals surface area contributed by atoms with Gasteiger partial charge in [-0.25, -0.2) is 10.5 Å². The summed E-state index contributed by atoms with van der Waals surface area (Å²) in [4.78, 5) is 21.2. The first-order valence-electron chi connectivity index (χ1n) is 12.4. The highest BCUT2D eigenvalue weighted by Gasteiger charge is 2.41. The van der Waals surface area contributed by atoms with Gasteiger partial charge in [-0.3, -0.25) is 14.9 Å². The van der Waals surface area contributed by atoms with Crippen LogP contribution in [0.3, 0.4) is 0 Å². The number of hydroxylamine groups is 1. The number of hydrogen-bond acceptors (Lipinski definition) is 6. The van der Waals surface area contributed by atoms with E-state index in [1.165, 1.54) is 24.9 Å². The van der Waals surface area contributed by atoms with Crippen molar-refractivity contribution in [3.8, 4) is 0 Å². The molecule has 5 rings (SSSR count). The maximum absolute atomic E-state index is 11.6. The number of fused-ring (bicyclic) bond motifs is 1. The molecule has 0 radical (unpaired) electrons. The van der Waals surface area contributed by atoms with Crippen molar-refractivity contribution in [2.75, 3.05) is 37.6 Å². The number of carbonyl (C=O) groups excluding carboxylic acids is 1. The summed E-state index contributed by atoms with van der Waals surface area (Å²) in [6.07, 6.45) is 7.54. The number of piperidine rings is 1. The Morgan fingerprint density at radius 1 is 1.09 bits per heavy atom. The second-order valence-electron chi connectivity index (χ2n) is 10.9. The van der Waals surface area contributed by atoms with Gasteiger partial charge in [-0.2, -0.15) is 0 Å². The van der Waals surface area contributed by atoms with Crippen LogP contribution in [0.4, 0.5) is 5.69 Å². The van der Waals surface area contributed by atoms with Gasteiger partial charge in [0.25, 0.3) is 5.91 Å². The molecular formula is C27H35N5O3. The molecule has 3 aromatic rings. The van der Waals surface area contributed by atoms with Crippen molar-refractivity contribution in [1.82, 2.24) is 19.9 Å². The first-order valence-corrected chi connectivity index (χ1v) is 12.4. The number of amides is 1. The van der Waals surface area contributed by atoms with Gasteiger partial charge in [0, 0.05) is 61.8 Å². The number of aliphatic hydroxyl groups is 1. The number of nitrogens with zero attached hydrogens (tertiary/aromatic N) is 4. The number of hydrogen-bond donors (Lipinski definition) is 3. The largest absolute Gasteiger partial charge is 0.389 e. The molecule has 8 nitrogen and oxygen atoms in total. The number of aromatic nitrogens is 2. The minimum Gasteiger partial charge on any atom is -0.389 e. The van der Waals surface area contributed by atoms with Crippen LogP contribution in [0.15, 0.2) is 48.8 Å². The third-order valence-electron chi connectivity index (χ3n) is 7.60. The Labute approximate surface area is 206 Å². The highest BCUT2D eigenvalue weighted by molar-refractivity contribution is 5.93. The number of nitrogens with one attached hydrogen (secondary N) is 1. The van der Waals surface area contributed by atoms with E-state index in [-0.39, 0.29) is 0 Å². The first kappa shape index (κ1) is 23.8. The molecule has 2 aromatic heterocycles. The third kappa shape index (κ3) is 5.05. The lowest BCUT2D eigenvalue weighted by atomic mass is 9.77. The Bertz CT molecular complexity index is 1190. The molecule has 0 saturated carbocycles. The van der Waals surface area contributed by atoms with Gasteiger partial charge in [0.2, 0.25) is 0 Å². The molecule has 1 aromatic carbocycles. The molecule has 3 N–H and O–H groups in total. The first-order chi connectivity index (χ1) is 16.8. The van der Waals surface area contributed by atoms with Crippen LogP contribution in [0.25, 0.3) is 11.0 Å². The normalized spacial score (nSPS) is 18.5. The number of likely N-dealkylation sites (tertiary alicyclic amines) is 1. The molecule has 2 saturated heterocycles. The fourth-order valence-electron chi connectivity index (χ4n) is 5.84. The summed E-state index contributed by atoms with van der Waals surface area (Å²) in [5, 5.41) is 20.2. The molecule has 8 heteroatoms. The third-order valence-corrected chi connectivity index (χ3v) is 7.60. The Hall–Kier alpha value is -2.94. The van der Waals surface area contributed by atoms with E-state index in [0.29, 0.717) is 17.5 Å². The number of carbonyl (C=O) groups is 1. The summed E-state index contributed by atoms with van der Waals surface area (Å²) in [5.41, 5.74) is 5.07. The number of anilines is 1. The lowest BCUT2D eigenvalue weighted by molar-refractivity contribution is 0.0390. The van der Waals surface area contributed by atoms with Crippen LogP contribution in [-0.2, 0) is 6.54 Å². The predicted octanol–water partition coefficient (Wildman–Crippen LogP) is 3.27. The molecule has 0 unspecified atom stereocenters. The number of β-amino-alcohol motifs (C(OH)–C–C–N with tert-alkyl or cyclic N) is 1. The van der Waals surface area contributed by atoms with E-state index < -0.39 is 11.5 Å². The highest BCUT2D eigenvalue weighted by atomic mass is 16.5. The van der Waals surface area contributed by atoms with Crippen molar-refractivity contribution < 1.29 is 15.1 Å². The van der Waals surface area contributed by atoms with E-state index >= 15 is 0 Å². The molecule has 1 spiro atoms. The Morgan fingerprint density at radius 2 is 1.80 bits per heavy atom. The fourth-order valence-corrected chi connectivity index (χ4v) is 5.84. The van der Waals surface area contributed by atoms with E-state index in [2.05, 4.69) is 37.7 Å². The van der Waals surface area contributed by atoms with Gasteiger partial charge in [0.15, 0.2) is 0 Å². The number of rotatable bonds is 6. The summed E-state index contributed by atoms with van der Waals surface area (Å²) in [6.45, 7) is 9.43. The quantitative estimate of drug-likeness (QED) is 0.373. The van der Waals surface area contributed by atoms with Crippen molar-refractivity contribution in [2.24, 2.45) is 5.41 Å². The lowest BCUT2D eigenvalue weighted by Gasteiger charge is -2.41. The minimum atomic E-state index is -0.641. The molecule has 0 aliphatic carbocycles. The minimum absolute atomic E-state index is 0.374. The molecule has 1 amide bonds. The smallest absolute Gasteiger partial charge is 0.274 e. The van der Waals surface area contributed by atoms with E-state index in [0.717, 1.165) is 49.3 Å². The molecule has 2 fully saturated rings. The van der Waals surface area contributed by atoms with Gasteiger partial charge in [0.05, 0.1) is 5.60 Å². The summed E-state index contributed by atoms with van der Waals surface area (Å²) in [6, 6.07) is 11.5. The van der Waals surface area contributed by atoms with E-state index in [1.807, 2.05) is 32.2 Å². The molecule has 0 atom stereocenters. The average Bonchev–Trinajstić information content (AvgIpc) is 3.42. The maximum Gasteiger partial charge on any atom is 0.274 e. The highest BCUT2D eigenvalue weighted by Crippen LogP contribution is 2.42. The van der Waals surface area contributed by atoms with Gasteiger partial charge in [0.1, 0.15) is 5.65 Å². The summed E-state index contributed by atoms with van der Waals surface area (Å²) < 4.78 is 2.14. The topological polar surface area (TPSA) is 93.9 Å². The zero-order chi connectivity index (χ0) is 24.6. The molecule has 4 heterocycles. The van der Waals surface area contributed by atoms with Crippen molar-refractivity contribution >= 4 is 22.6 Å². The van der Waals surface area contributed by atoms with Gasteiger partial charge < -0.3 is 14.6 Å². The second-order valence-corrected chi connectivity index (χ2v) is 10.9. The van der Waals surface area contributed by atoms with Crippen LogP contribution in [0.2, 0.25) is 0 Å². The number of benzene rings is 1. The average molecular weight is 478 g/mol. The molecule has 2 aliphatic rings. The van der Waals surface area contributed by atoms with E-state index in [9.17, 15) is 9.90 Å². The predicted molar refractivity (Wildman–Crippen MR) is 136 cm³/mol. The van der Waals surface area contributed by atoms with Crippen LogP contribution in [-0.4, -0.2) is 69.0 Å². The van der Waals surface area contributed by atoms with E-state index in [1.54, 1.807) is 17.6 Å². The molecule has 2 aliphatic heterocycles. The van der Waals surface area contributed by atoms with E-state index in [4.69, 9.17) is 5.21 Å². The molecule has 186 valence electrons. The van der Waals surface area contributed by atoms with Gasteiger partial charge in [-0.1, -0.05) is 12.1 Å². The second kappa shape index (κ2) is 9.26. The zero-order valence-electron chi connectivity index (χ0n) is 20.6. The molecular weight excluding hydrogens is 442 g/mol. The SMILES string of the molecule is CC(C)(O)CN1CCC2(CCN(c3ccnc4c3ccn4Cc3ccc(C(=O)NO)cc3)CC2)C1. The summed E-state index contributed by atoms with van der Waals surface area (Å²) >= 11 is 0. The van der Waals surface area contributed by atoms with Crippen molar-refractivity contribution in [2.45, 2.75) is 45.3 Å². The Kier molecular flexibility index (Phi) is 6.29. The summed E-state index contributed by atoms with van der Waals surface area (Å²) in [7, 11) is 0. The van der Waals surface area contributed by atoms with Crippen molar-refractivity contribution in [3.63, 3.8) is 0 Å². The monoisotopic (exact) mass is 477 g/mol. The van der Waals surface area contributed by atoms with Crippen LogP contribution >= 0.6 is 0 Å².